The number of hydrogen-bond acceptors (Lipinski definition) is 4. The van der Waals surface area contributed by atoms with Gasteiger partial charge in [-0.3, -0.25) is 0 Å². The van der Waals surface area contributed by atoms with Crippen LogP contribution < -0.4 is 11.1 Å². The van der Waals surface area contributed by atoms with Gasteiger partial charge in [-0.25, -0.2) is 14.4 Å². The predicted octanol–water partition coefficient (Wildman–Crippen LogP) is 3.78. The molecule has 2 aromatic rings. The van der Waals surface area contributed by atoms with Gasteiger partial charge in [0.2, 0.25) is 0 Å². The number of hydrogen-bond donors (Lipinski definition) is 2. The number of benzene rings is 1. The molecule has 3 N–H and O–H groups in total. The molecular formula is C14H14ClFN4. The molecule has 0 radical (unpaired) electrons. The Labute approximate surface area is 121 Å². The molecule has 104 valence electrons. The zero-order valence-electron chi connectivity index (χ0n) is 11.0. The Hall–Kier alpha value is -1.88. The number of nitrogens with one attached hydrogen (secondary N) is 1. The average molecular weight is 293 g/mol. The van der Waals surface area contributed by atoms with E-state index in [9.17, 15) is 4.39 Å². The van der Waals surface area contributed by atoms with E-state index in [1.165, 1.54) is 12.1 Å². The second kappa shape index (κ2) is 4.90. The Kier molecular flexibility index (Phi) is 3.22. The summed E-state index contributed by atoms with van der Waals surface area (Å²) in [7, 11) is 0. The van der Waals surface area contributed by atoms with Crippen molar-refractivity contribution in [2.24, 2.45) is 0 Å². The SMILES string of the molecule is Cc1c(N)nc(C2CC2)nc1Nc1ccc(Cl)c(F)c1. The van der Waals surface area contributed by atoms with Crippen LogP contribution in [0.15, 0.2) is 18.2 Å². The standard InChI is InChI=1S/C14H14ClFN4/c1-7-12(17)19-14(8-2-3-8)20-13(7)18-9-4-5-10(15)11(16)6-9/h4-6,8H,2-3H2,1H3,(H3,17,18,19,20). The molecule has 4 nitrogen and oxygen atoms in total. The lowest BCUT2D eigenvalue weighted by Crippen LogP contribution is -2.06. The first-order valence-corrected chi connectivity index (χ1v) is 6.78. The van der Waals surface area contributed by atoms with E-state index in [2.05, 4.69) is 15.3 Å². The second-order valence-electron chi connectivity index (χ2n) is 4.97. The van der Waals surface area contributed by atoms with Gasteiger partial charge in [0.15, 0.2) is 0 Å². The van der Waals surface area contributed by atoms with E-state index in [1.54, 1.807) is 6.07 Å². The molecule has 1 aromatic heterocycles. The van der Waals surface area contributed by atoms with Crippen molar-refractivity contribution in [2.45, 2.75) is 25.7 Å². The molecule has 20 heavy (non-hydrogen) atoms. The maximum absolute atomic E-state index is 13.4. The van der Waals surface area contributed by atoms with Crippen LogP contribution in [0.5, 0.6) is 0 Å². The van der Waals surface area contributed by atoms with Crippen LogP contribution >= 0.6 is 11.6 Å². The van der Waals surface area contributed by atoms with Crippen molar-refractivity contribution < 1.29 is 4.39 Å². The summed E-state index contributed by atoms with van der Waals surface area (Å²) in [4.78, 5) is 8.79. The second-order valence-corrected chi connectivity index (χ2v) is 5.38. The van der Waals surface area contributed by atoms with Crippen LogP contribution in [-0.2, 0) is 0 Å². The van der Waals surface area contributed by atoms with E-state index >= 15 is 0 Å². The Balaban J connectivity index is 1.94. The van der Waals surface area contributed by atoms with Crippen LogP contribution in [0, 0.1) is 12.7 Å². The Morgan fingerprint density at radius 1 is 1.35 bits per heavy atom. The largest absolute Gasteiger partial charge is 0.383 e. The molecular weight excluding hydrogens is 279 g/mol. The van der Waals surface area contributed by atoms with Crippen LogP contribution in [0.1, 0.15) is 30.1 Å². The van der Waals surface area contributed by atoms with Crippen LogP contribution in [0.4, 0.5) is 21.7 Å². The summed E-state index contributed by atoms with van der Waals surface area (Å²) in [6.45, 7) is 1.83. The molecule has 3 rings (SSSR count). The van der Waals surface area contributed by atoms with Crippen molar-refractivity contribution in [1.82, 2.24) is 9.97 Å². The van der Waals surface area contributed by atoms with E-state index in [-0.39, 0.29) is 5.02 Å². The first-order valence-electron chi connectivity index (χ1n) is 6.40. The Morgan fingerprint density at radius 3 is 2.75 bits per heavy atom. The molecule has 0 bridgehead atoms. The number of halogens is 2. The maximum Gasteiger partial charge on any atom is 0.143 e. The molecule has 0 atom stereocenters. The lowest BCUT2D eigenvalue weighted by atomic mass is 10.2. The fourth-order valence-corrected chi connectivity index (χ4v) is 2.03. The van der Waals surface area contributed by atoms with E-state index in [0.717, 1.165) is 24.2 Å². The van der Waals surface area contributed by atoms with Crippen LogP contribution in [0.2, 0.25) is 5.02 Å². The van der Waals surface area contributed by atoms with E-state index in [0.29, 0.717) is 23.2 Å². The van der Waals surface area contributed by atoms with Gasteiger partial charge in [-0.15, -0.1) is 0 Å². The normalized spacial score (nSPS) is 14.3. The predicted molar refractivity (Wildman–Crippen MR) is 77.8 cm³/mol. The van der Waals surface area contributed by atoms with E-state index in [4.69, 9.17) is 17.3 Å². The molecule has 1 fully saturated rings. The summed E-state index contributed by atoms with van der Waals surface area (Å²) in [5.41, 5.74) is 7.24. The Morgan fingerprint density at radius 2 is 2.10 bits per heavy atom. The third kappa shape index (κ3) is 2.54. The van der Waals surface area contributed by atoms with Crippen molar-refractivity contribution in [3.05, 3.63) is 40.4 Å². The van der Waals surface area contributed by atoms with Crippen LogP contribution in [0.3, 0.4) is 0 Å². The molecule has 0 aliphatic heterocycles. The smallest absolute Gasteiger partial charge is 0.143 e. The highest BCUT2D eigenvalue weighted by Gasteiger charge is 2.27. The van der Waals surface area contributed by atoms with Gasteiger partial charge in [-0.1, -0.05) is 11.6 Å². The zero-order chi connectivity index (χ0) is 14.3. The highest BCUT2D eigenvalue weighted by molar-refractivity contribution is 6.30. The van der Waals surface area contributed by atoms with Gasteiger partial charge in [0.1, 0.15) is 23.3 Å². The molecule has 0 spiro atoms. The van der Waals surface area contributed by atoms with Crippen molar-refractivity contribution >= 4 is 28.9 Å². The topological polar surface area (TPSA) is 63.8 Å². The summed E-state index contributed by atoms with van der Waals surface area (Å²) in [5.74, 6) is 1.75. The number of anilines is 3. The maximum atomic E-state index is 13.4. The van der Waals surface area contributed by atoms with Gasteiger partial charge < -0.3 is 11.1 Å². The van der Waals surface area contributed by atoms with Gasteiger partial charge in [-0.2, -0.15) is 0 Å². The third-order valence-corrected chi connectivity index (χ3v) is 3.63. The minimum Gasteiger partial charge on any atom is -0.383 e. The fraction of sp³-hybridized carbons (Fsp3) is 0.286. The first-order chi connectivity index (χ1) is 9.54. The van der Waals surface area contributed by atoms with Crippen molar-refractivity contribution in [2.75, 3.05) is 11.1 Å². The first kappa shape index (κ1) is 13.1. The van der Waals surface area contributed by atoms with E-state index in [1.807, 2.05) is 6.92 Å². The van der Waals surface area contributed by atoms with Crippen LogP contribution in [-0.4, -0.2) is 9.97 Å². The lowest BCUT2D eigenvalue weighted by Gasteiger charge is -2.12. The minimum atomic E-state index is -0.473. The number of rotatable bonds is 3. The van der Waals surface area contributed by atoms with Gasteiger partial charge in [-0.05, 0) is 38.0 Å². The Bertz CT molecular complexity index is 670. The van der Waals surface area contributed by atoms with Crippen LogP contribution in [0.25, 0.3) is 0 Å². The quantitative estimate of drug-likeness (QED) is 0.903. The fourth-order valence-electron chi connectivity index (χ4n) is 1.91. The molecule has 1 heterocycles. The number of aromatic nitrogens is 2. The summed E-state index contributed by atoms with van der Waals surface area (Å²) in [6.07, 6.45) is 2.19. The highest BCUT2D eigenvalue weighted by Crippen LogP contribution is 2.39. The number of nitrogens with zero attached hydrogens (tertiary/aromatic N) is 2. The minimum absolute atomic E-state index is 0.0909. The molecule has 1 saturated carbocycles. The summed E-state index contributed by atoms with van der Waals surface area (Å²) in [5, 5.41) is 3.17. The summed E-state index contributed by atoms with van der Waals surface area (Å²) < 4.78 is 13.4. The monoisotopic (exact) mass is 292 g/mol. The van der Waals surface area contributed by atoms with Gasteiger partial charge in [0.05, 0.1) is 5.02 Å². The molecule has 1 aliphatic carbocycles. The highest BCUT2D eigenvalue weighted by atomic mass is 35.5. The van der Waals surface area contributed by atoms with Crippen molar-refractivity contribution in [3.8, 4) is 0 Å². The summed E-state index contributed by atoms with van der Waals surface area (Å²) >= 11 is 5.67. The van der Waals surface area contributed by atoms with Crippen molar-refractivity contribution in [3.63, 3.8) is 0 Å². The summed E-state index contributed by atoms with van der Waals surface area (Å²) in [6, 6.07) is 4.53. The molecule has 1 aliphatic rings. The van der Waals surface area contributed by atoms with E-state index < -0.39 is 5.82 Å². The van der Waals surface area contributed by atoms with Gasteiger partial charge in [0.25, 0.3) is 0 Å². The average Bonchev–Trinajstić information content (AvgIpc) is 3.23. The van der Waals surface area contributed by atoms with Gasteiger partial charge in [0, 0.05) is 17.2 Å². The number of nitrogens with two attached hydrogens (primary N) is 1. The molecule has 0 unspecified atom stereocenters. The van der Waals surface area contributed by atoms with Crippen molar-refractivity contribution in [1.29, 1.82) is 0 Å². The third-order valence-electron chi connectivity index (χ3n) is 3.33. The molecule has 1 aromatic carbocycles. The zero-order valence-corrected chi connectivity index (χ0v) is 11.7. The molecule has 6 heteroatoms. The number of nitrogen functional groups attached to an aromatic ring is 1. The lowest BCUT2D eigenvalue weighted by molar-refractivity contribution is 0.629. The molecule has 0 amide bonds. The van der Waals surface area contributed by atoms with Gasteiger partial charge >= 0.3 is 0 Å². The molecule has 0 saturated heterocycles.